The highest BCUT2D eigenvalue weighted by atomic mass is 79.9. The van der Waals surface area contributed by atoms with Gasteiger partial charge in [-0.1, -0.05) is 40.2 Å². The average molecular weight is 347 g/mol. The molecule has 0 bridgehead atoms. The highest BCUT2D eigenvalue weighted by Gasteiger charge is 2.11. The molecule has 0 atom stereocenters. The topological polar surface area (TPSA) is 60.4 Å². The van der Waals surface area contributed by atoms with E-state index in [9.17, 15) is 14.4 Å². The Balaban J connectivity index is 1.95. The normalized spacial score (nSPS) is 9.95. The van der Waals surface area contributed by atoms with Gasteiger partial charge in [0.1, 0.15) is 6.29 Å². The smallest absolute Gasteiger partial charge is 0.338 e. The lowest BCUT2D eigenvalue weighted by Crippen LogP contribution is -2.14. The van der Waals surface area contributed by atoms with Gasteiger partial charge in [0.05, 0.1) is 5.56 Å². The van der Waals surface area contributed by atoms with Crippen molar-refractivity contribution in [2.45, 2.75) is 0 Å². The second kappa shape index (κ2) is 6.95. The number of carbonyl (C=O) groups is 3. The molecule has 0 N–H and O–H groups in total. The molecule has 0 radical (unpaired) electrons. The molecule has 0 heterocycles. The first-order chi connectivity index (χ1) is 10.1. The summed E-state index contributed by atoms with van der Waals surface area (Å²) in [4.78, 5) is 34.1. The lowest BCUT2D eigenvalue weighted by molar-refractivity contribution is 0.0474. The fraction of sp³-hybridized carbons (Fsp3) is 0.0625. The van der Waals surface area contributed by atoms with E-state index in [0.29, 0.717) is 23.0 Å². The number of esters is 1. The van der Waals surface area contributed by atoms with Crippen molar-refractivity contribution in [3.05, 3.63) is 69.7 Å². The lowest BCUT2D eigenvalue weighted by atomic mass is 10.1. The number of ketones is 1. The molecule has 4 nitrogen and oxygen atoms in total. The molecule has 0 aromatic heterocycles. The number of hydrogen-bond acceptors (Lipinski definition) is 4. The zero-order valence-corrected chi connectivity index (χ0v) is 12.5. The maximum Gasteiger partial charge on any atom is 0.338 e. The summed E-state index contributed by atoms with van der Waals surface area (Å²) in [6, 6.07) is 12.8. The molecular weight excluding hydrogens is 336 g/mol. The van der Waals surface area contributed by atoms with Crippen LogP contribution >= 0.6 is 15.9 Å². The van der Waals surface area contributed by atoms with Crippen LogP contribution in [0.2, 0.25) is 0 Å². The Bertz CT molecular complexity index is 660. The number of halogens is 1. The van der Waals surface area contributed by atoms with Crippen molar-refractivity contribution in [3.63, 3.8) is 0 Å². The van der Waals surface area contributed by atoms with Crippen molar-refractivity contribution >= 4 is 34.0 Å². The minimum absolute atomic E-state index is 0.277. The SMILES string of the molecule is O=Cc1ccc(C(=O)OCC(=O)c2ccc(Br)cc2)cc1. The van der Waals surface area contributed by atoms with E-state index in [-0.39, 0.29) is 12.4 Å². The van der Waals surface area contributed by atoms with Crippen LogP contribution in [0.4, 0.5) is 0 Å². The third kappa shape index (κ3) is 4.10. The number of rotatable bonds is 5. The van der Waals surface area contributed by atoms with E-state index in [2.05, 4.69) is 15.9 Å². The Morgan fingerprint density at radius 2 is 1.52 bits per heavy atom. The first kappa shape index (κ1) is 15.1. The first-order valence-corrected chi connectivity index (χ1v) is 6.90. The molecule has 0 amide bonds. The van der Waals surface area contributed by atoms with Gasteiger partial charge in [-0.15, -0.1) is 0 Å². The summed E-state index contributed by atoms with van der Waals surface area (Å²) in [7, 11) is 0. The van der Waals surface area contributed by atoms with Gasteiger partial charge in [-0.25, -0.2) is 4.79 Å². The van der Waals surface area contributed by atoms with Gasteiger partial charge in [-0.05, 0) is 24.3 Å². The molecule has 2 aromatic rings. The van der Waals surface area contributed by atoms with Crippen molar-refractivity contribution < 1.29 is 19.1 Å². The monoisotopic (exact) mass is 346 g/mol. The summed E-state index contributed by atoms with van der Waals surface area (Å²) >= 11 is 3.28. The van der Waals surface area contributed by atoms with Crippen LogP contribution in [-0.4, -0.2) is 24.6 Å². The number of ether oxygens (including phenoxy) is 1. The minimum Gasteiger partial charge on any atom is -0.454 e. The van der Waals surface area contributed by atoms with Gasteiger partial charge in [0.2, 0.25) is 0 Å². The minimum atomic E-state index is -0.599. The molecule has 0 saturated heterocycles. The van der Waals surface area contributed by atoms with Crippen LogP contribution in [-0.2, 0) is 4.74 Å². The van der Waals surface area contributed by atoms with E-state index < -0.39 is 5.97 Å². The number of benzene rings is 2. The average Bonchev–Trinajstić information content (AvgIpc) is 2.53. The number of carbonyl (C=O) groups excluding carboxylic acids is 3. The van der Waals surface area contributed by atoms with Crippen molar-refractivity contribution in [2.75, 3.05) is 6.61 Å². The Hall–Kier alpha value is -2.27. The zero-order valence-electron chi connectivity index (χ0n) is 10.9. The molecule has 5 heteroatoms. The van der Waals surface area contributed by atoms with E-state index >= 15 is 0 Å². The van der Waals surface area contributed by atoms with Gasteiger partial charge in [-0.2, -0.15) is 0 Å². The molecule has 0 spiro atoms. The molecule has 0 unspecified atom stereocenters. The van der Waals surface area contributed by atoms with Crippen LogP contribution < -0.4 is 0 Å². The fourth-order valence-corrected chi connectivity index (χ4v) is 1.90. The molecule has 2 rings (SSSR count). The predicted octanol–water partition coefficient (Wildman–Crippen LogP) is 3.30. The molecule has 21 heavy (non-hydrogen) atoms. The van der Waals surface area contributed by atoms with Gasteiger partial charge < -0.3 is 4.74 Å². The van der Waals surface area contributed by atoms with E-state index in [1.54, 1.807) is 24.3 Å². The molecular formula is C16H11BrO4. The third-order valence-corrected chi connectivity index (χ3v) is 3.31. The number of aldehydes is 1. The Kier molecular flexibility index (Phi) is 5.00. The molecule has 106 valence electrons. The number of Topliss-reactive ketones (excluding diaryl/α,β-unsaturated/α-hetero) is 1. The predicted molar refractivity (Wildman–Crippen MR) is 80.6 cm³/mol. The van der Waals surface area contributed by atoms with Crippen molar-refractivity contribution in [1.29, 1.82) is 0 Å². The first-order valence-electron chi connectivity index (χ1n) is 6.11. The van der Waals surface area contributed by atoms with Crippen LogP contribution in [0, 0.1) is 0 Å². The second-order valence-corrected chi connectivity index (χ2v) is 5.16. The van der Waals surface area contributed by atoms with Gasteiger partial charge >= 0.3 is 5.97 Å². The Labute approximate surface area is 129 Å². The summed E-state index contributed by atoms with van der Waals surface area (Å²) < 4.78 is 5.83. The highest BCUT2D eigenvalue weighted by Crippen LogP contribution is 2.11. The second-order valence-electron chi connectivity index (χ2n) is 4.25. The summed E-state index contributed by atoms with van der Waals surface area (Å²) in [6.45, 7) is -0.324. The van der Waals surface area contributed by atoms with Gasteiger partial charge in [-0.3, -0.25) is 9.59 Å². The molecule has 0 aliphatic rings. The lowest BCUT2D eigenvalue weighted by Gasteiger charge is -2.05. The molecule has 0 aliphatic carbocycles. The Morgan fingerprint density at radius 1 is 0.952 bits per heavy atom. The molecule has 0 saturated carbocycles. The summed E-state index contributed by atoms with van der Waals surface area (Å²) in [5.74, 6) is -0.877. The summed E-state index contributed by atoms with van der Waals surface area (Å²) in [5.41, 5.74) is 1.24. The van der Waals surface area contributed by atoms with Crippen LogP contribution in [0.3, 0.4) is 0 Å². The molecule has 0 fully saturated rings. The quantitative estimate of drug-likeness (QED) is 0.473. The van der Waals surface area contributed by atoms with Gasteiger partial charge in [0.15, 0.2) is 12.4 Å². The van der Waals surface area contributed by atoms with Gasteiger partial charge in [0.25, 0.3) is 0 Å². The molecule has 0 aliphatic heterocycles. The van der Waals surface area contributed by atoms with E-state index in [0.717, 1.165) is 4.47 Å². The highest BCUT2D eigenvalue weighted by molar-refractivity contribution is 9.10. The van der Waals surface area contributed by atoms with Crippen molar-refractivity contribution in [1.82, 2.24) is 0 Å². The summed E-state index contributed by atoms with van der Waals surface area (Å²) in [6.07, 6.45) is 0.687. The third-order valence-electron chi connectivity index (χ3n) is 2.78. The van der Waals surface area contributed by atoms with E-state index in [1.807, 2.05) is 0 Å². The van der Waals surface area contributed by atoms with Crippen LogP contribution in [0.1, 0.15) is 31.1 Å². The summed E-state index contributed by atoms with van der Waals surface area (Å²) in [5, 5.41) is 0. The van der Waals surface area contributed by atoms with E-state index in [4.69, 9.17) is 4.74 Å². The maximum atomic E-state index is 11.9. The van der Waals surface area contributed by atoms with Crippen molar-refractivity contribution in [3.8, 4) is 0 Å². The van der Waals surface area contributed by atoms with Crippen LogP contribution in [0.15, 0.2) is 53.0 Å². The fourth-order valence-electron chi connectivity index (χ4n) is 1.63. The zero-order chi connectivity index (χ0) is 15.2. The van der Waals surface area contributed by atoms with Crippen molar-refractivity contribution in [2.24, 2.45) is 0 Å². The maximum absolute atomic E-state index is 11.9. The molecule has 2 aromatic carbocycles. The standard InChI is InChI=1S/C16H11BrO4/c17-14-7-5-12(6-8-14)15(19)10-21-16(20)13-3-1-11(9-18)2-4-13/h1-9H,10H2. The van der Waals surface area contributed by atoms with Gasteiger partial charge in [0, 0.05) is 15.6 Å². The Morgan fingerprint density at radius 3 is 2.10 bits per heavy atom. The van der Waals surface area contributed by atoms with E-state index in [1.165, 1.54) is 24.3 Å². The number of hydrogen-bond donors (Lipinski definition) is 0. The van der Waals surface area contributed by atoms with Crippen LogP contribution in [0.5, 0.6) is 0 Å². The largest absolute Gasteiger partial charge is 0.454 e. The van der Waals surface area contributed by atoms with Crippen LogP contribution in [0.25, 0.3) is 0 Å².